The van der Waals surface area contributed by atoms with E-state index in [4.69, 9.17) is 34.8 Å². The van der Waals surface area contributed by atoms with Gasteiger partial charge in [0.05, 0.1) is 0 Å². The molecule has 1 aromatic rings. The molecule has 1 nitrogen and oxygen atoms in total. The molecule has 1 fully saturated rings. The molecule has 0 heterocycles. The van der Waals surface area contributed by atoms with E-state index < -0.39 is 0 Å². The van der Waals surface area contributed by atoms with Crippen molar-refractivity contribution >= 4 is 40.6 Å². The van der Waals surface area contributed by atoms with Crippen molar-refractivity contribution < 1.29 is 4.79 Å². The SMILES string of the molecule is C/C(Cl)=C/[C@@H]1[C@@H](C(=O)Cc2cc(Cl)cc(Cl)c2)C1(C)C. The highest BCUT2D eigenvalue weighted by Crippen LogP contribution is 2.60. The van der Waals surface area contributed by atoms with Crippen LogP contribution in [0, 0.1) is 17.3 Å². The molecule has 0 bridgehead atoms. The number of rotatable bonds is 4. The van der Waals surface area contributed by atoms with Crippen molar-refractivity contribution in [2.75, 3.05) is 0 Å². The number of carbonyl (C=O) groups excluding carboxylic acids is 1. The molecule has 4 heteroatoms. The minimum absolute atomic E-state index is 0.0183. The Labute approximate surface area is 134 Å². The summed E-state index contributed by atoms with van der Waals surface area (Å²) < 4.78 is 0. The van der Waals surface area contributed by atoms with E-state index >= 15 is 0 Å². The molecule has 0 aromatic heterocycles. The second-order valence-corrected chi connectivity index (χ2v) is 7.47. The minimum atomic E-state index is -0.0183. The summed E-state index contributed by atoms with van der Waals surface area (Å²) in [6.07, 6.45) is 2.34. The van der Waals surface area contributed by atoms with Crippen molar-refractivity contribution in [2.45, 2.75) is 27.2 Å². The van der Waals surface area contributed by atoms with Crippen LogP contribution in [0.5, 0.6) is 0 Å². The highest BCUT2D eigenvalue weighted by atomic mass is 35.5. The fourth-order valence-electron chi connectivity index (χ4n) is 2.88. The number of halogens is 3. The summed E-state index contributed by atoms with van der Waals surface area (Å²) in [5.74, 6) is 0.462. The van der Waals surface area contributed by atoms with Crippen LogP contribution in [0.2, 0.25) is 10.0 Å². The summed E-state index contributed by atoms with van der Waals surface area (Å²) in [7, 11) is 0. The number of carbonyl (C=O) groups is 1. The molecule has 0 amide bonds. The van der Waals surface area contributed by atoms with E-state index in [9.17, 15) is 4.79 Å². The first kappa shape index (κ1) is 15.9. The Morgan fingerprint density at radius 2 is 1.80 bits per heavy atom. The Balaban J connectivity index is 2.12. The lowest BCUT2D eigenvalue weighted by Crippen LogP contribution is -2.09. The molecule has 0 saturated heterocycles. The lowest BCUT2D eigenvalue weighted by molar-refractivity contribution is -0.120. The van der Waals surface area contributed by atoms with Crippen LogP contribution in [-0.2, 0) is 11.2 Å². The fraction of sp³-hybridized carbons (Fsp3) is 0.438. The number of ketones is 1. The van der Waals surface area contributed by atoms with Crippen molar-refractivity contribution in [1.29, 1.82) is 0 Å². The average Bonchev–Trinajstić information content (AvgIpc) is 2.77. The molecule has 0 aliphatic heterocycles. The van der Waals surface area contributed by atoms with E-state index in [0.717, 1.165) is 10.6 Å². The Morgan fingerprint density at radius 1 is 1.25 bits per heavy atom. The van der Waals surface area contributed by atoms with Crippen LogP contribution >= 0.6 is 34.8 Å². The van der Waals surface area contributed by atoms with Gasteiger partial charge in [-0.25, -0.2) is 0 Å². The Kier molecular flexibility index (Phi) is 4.53. The maximum absolute atomic E-state index is 12.4. The third-order valence-electron chi connectivity index (χ3n) is 3.97. The molecule has 0 unspecified atom stereocenters. The zero-order chi connectivity index (χ0) is 15.1. The third-order valence-corrected chi connectivity index (χ3v) is 4.53. The monoisotopic (exact) mass is 330 g/mol. The van der Waals surface area contributed by atoms with Gasteiger partial charge in [0.2, 0.25) is 0 Å². The topological polar surface area (TPSA) is 17.1 Å². The van der Waals surface area contributed by atoms with Crippen LogP contribution in [0.3, 0.4) is 0 Å². The lowest BCUT2D eigenvalue weighted by Gasteiger charge is -2.04. The predicted octanol–water partition coefficient (Wildman–Crippen LogP) is 5.52. The first-order chi connectivity index (χ1) is 9.21. The van der Waals surface area contributed by atoms with Crippen molar-refractivity contribution in [1.82, 2.24) is 0 Å². The third kappa shape index (κ3) is 3.39. The molecule has 0 radical (unpaired) electrons. The van der Waals surface area contributed by atoms with E-state index in [1.807, 2.05) is 13.0 Å². The molecule has 1 aliphatic rings. The van der Waals surface area contributed by atoms with Crippen molar-refractivity contribution in [2.24, 2.45) is 17.3 Å². The van der Waals surface area contributed by atoms with Gasteiger partial charge in [-0.15, -0.1) is 0 Å². The van der Waals surface area contributed by atoms with Crippen molar-refractivity contribution in [3.8, 4) is 0 Å². The molecule has 0 spiro atoms. The van der Waals surface area contributed by atoms with E-state index in [2.05, 4.69) is 13.8 Å². The van der Waals surface area contributed by atoms with Gasteiger partial charge in [0.1, 0.15) is 5.78 Å². The summed E-state index contributed by atoms with van der Waals surface area (Å²) >= 11 is 17.8. The van der Waals surface area contributed by atoms with E-state index in [-0.39, 0.29) is 23.0 Å². The van der Waals surface area contributed by atoms with Gasteiger partial charge in [-0.3, -0.25) is 4.79 Å². The van der Waals surface area contributed by atoms with Gasteiger partial charge in [-0.2, -0.15) is 0 Å². The zero-order valence-corrected chi connectivity index (χ0v) is 14.0. The molecule has 1 saturated carbocycles. The molecular formula is C16H17Cl3O. The van der Waals surface area contributed by atoms with Crippen LogP contribution in [0.4, 0.5) is 0 Å². The average molecular weight is 332 g/mol. The van der Waals surface area contributed by atoms with Gasteiger partial charge in [0.15, 0.2) is 0 Å². The number of benzene rings is 1. The second-order valence-electron chi connectivity index (χ2n) is 6.00. The van der Waals surface area contributed by atoms with Gasteiger partial charge in [0, 0.05) is 27.4 Å². The minimum Gasteiger partial charge on any atom is -0.299 e. The summed E-state index contributed by atoms with van der Waals surface area (Å²) in [6, 6.07) is 5.25. The van der Waals surface area contributed by atoms with Crippen molar-refractivity contribution in [3.05, 3.63) is 44.9 Å². The van der Waals surface area contributed by atoms with Gasteiger partial charge >= 0.3 is 0 Å². The van der Waals surface area contributed by atoms with Gasteiger partial charge in [-0.1, -0.05) is 54.7 Å². The molecule has 0 N–H and O–H groups in total. The van der Waals surface area contributed by atoms with Crippen LogP contribution in [0.1, 0.15) is 26.3 Å². The Bertz CT molecular complexity index is 551. The quantitative estimate of drug-likeness (QED) is 0.710. The number of Topliss-reactive ketones (excluding diaryl/α,β-unsaturated/α-hetero) is 1. The van der Waals surface area contributed by atoms with Crippen LogP contribution in [-0.4, -0.2) is 5.78 Å². The molecule has 2 rings (SSSR count). The number of hydrogen-bond acceptors (Lipinski definition) is 1. The second kappa shape index (κ2) is 5.71. The fourth-order valence-corrected chi connectivity index (χ4v) is 3.58. The largest absolute Gasteiger partial charge is 0.299 e. The maximum atomic E-state index is 12.4. The Morgan fingerprint density at radius 3 is 2.30 bits per heavy atom. The molecule has 1 aliphatic carbocycles. The van der Waals surface area contributed by atoms with Gasteiger partial charge < -0.3 is 0 Å². The Hall–Kier alpha value is -0.500. The van der Waals surface area contributed by atoms with Gasteiger partial charge in [0.25, 0.3) is 0 Å². The predicted molar refractivity (Wildman–Crippen MR) is 85.5 cm³/mol. The van der Waals surface area contributed by atoms with Crippen LogP contribution in [0.15, 0.2) is 29.3 Å². The lowest BCUT2D eigenvalue weighted by atomic mass is 10.0. The summed E-state index contributed by atoms with van der Waals surface area (Å²) in [5, 5.41) is 1.86. The smallest absolute Gasteiger partial charge is 0.141 e. The molecule has 20 heavy (non-hydrogen) atoms. The maximum Gasteiger partial charge on any atom is 0.141 e. The summed E-state index contributed by atoms with van der Waals surface area (Å²) in [5.41, 5.74) is 0.843. The van der Waals surface area contributed by atoms with Crippen molar-refractivity contribution in [3.63, 3.8) is 0 Å². The molecule has 108 valence electrons. The van der Waals surface area contributed by atoms with Gasteiger partial charge in [-0.05, 0) is 42.0 Å². The van der Waals surface area contributed by atoms with E-state index in [1.54, 1.807) is 18.2 Å². The molecule has 2 atom stereocenters. The number of hydrogen-bond donors (Lipinski definition) is 0. The molecular weight excluding hydrogens is 315 g/mol. The molecule has 1 aromatic carbocycles. The van der Waals surface area contributed by atoms with Crippen LogP contribution in [0.25, 0.3) is 0 Å². The van der Waals surface area contributed by atoms with E-state index in [0.29, 0.717) is 16.5 Å². The highest BCUT2D eigenvalue weighted by Gasteiger charge is 2.59. The van der Waals surface area contributed by atoms with Crippen LogP contribution < -0.4 is 0 Å². The number of allylic oxidation sites excluding steroid dienone is 2. The first-order valence-electron chi connectivity index (χ1n) is 6.53. The summed E-state index contributed by atoms with van der Waals surface area (Å²) in [6.45, 7) is 6.04. The standard InChI is InChI=1S/C16H17Cl3O/c1-9(17)4-13-15(16(13,2)3)14(20)7-10-5-11(18)8-12(19)6-10/h4-6,8,13,15H,7H2,1-3H3/b9-4-/t13-,15+/m1/s1. The van der Waals surface area contributed by atoms with E-state index in [1.165, 1.54) is 0 Å². The first-order valence-corrected chi connectivity index (χ1v) is 7.67. The zero-order valence-electron chi connectivity index (χ0n) is 11.7. The summed E-state index contributed by atoms with van der Waals surface area (Å²) in [4.78, 5) is 12.4. The highest BCUT2D eigenvalue weighted by molar-refractivity contribution is 6.34. The normalized spacial score (nSPS) is 24.6.